The highest BCUT2D eigenvalue weighted by Crippen LogP contribution is 2.18. The Morgan fingerprint density at radius 2 is 2.25 bits per heavy atom. The molecule has 3 heterocycles. The first kappa shape index (κ1) is 17.0. The van der Waals surface area contributed by atoms with Gasteiger partial charge in [0.2, 0.25) is 11.8 Å². The predicted molar refractivity (Wildman–Crippen MR) is 90.4 cm³/mol. The molecule has 2 saturated heterocycles. The molecule has 2 aliphatic heterocycles. The third-order valence-electron chi connectivity index (χ3n) is 4.88. The average molecular weight is 333 g/mol. The first-order valence-corrected chi connectivity index (χ1v) is 8.92. The largest absolute Gasteiger partial charge is 0.354 e. The Morgan fingerprint density at radius 1 is 1.38 bits per heavy atom. The van der Waals surface area contributed by atoms with Gasteiger partial charge in [-0.2, -0.15) is 5.10 Å². The first-order valence-electron chi connectivity index (χ1n) is 8.92. The van der Waals surface area contributed by atoms with Crippen LogP contribution in [0.25, 0.3) is 0 Å². The van der Waals surface area contributed by atoms with Crippen LogP contribution >= 0.6 is 0 Å². The molecule has 24 heavy (non-hydrogen) atoms. The summed E-state index contributed by atoms with van der Waals surface area (Å²) in [4.78, 5) is 26.5. The third kappa shape index (κ3) is 4.35. The number of nitrogens with one attached hydrogen (secondary N) is 2. The van der Waals surface area contributed by atoms with E-state index in [0.717, 1.165) is 50.8 Å². The molecule has 0 aromatic carbocycles. The van der Waals surface area contributed by atoms with Crippen LogP contribution in [0, 0.1) is 6.92 Å². The highest BCUT2D eigenvalue weighted by molar-refractivity contribution is 5.88. The zero-order valence-corrected chi connectivity index (χ0v) is 14.3. The number of hydrogen-bond donors (Lipinski definition) is 2. The number of nitrogens with zero attached hydrogens (tertiary/aromatic N) is 3. The fourth-order valence-electron chi connectivity index (χ4n) is 3.59. The van der Waals surface area contributed by atoms with Crippen molar-refractivity contribution in [1.82, 2.24) is 25.3 Å². The summed E-state index contributed by atoms with van der Waals surface area (Å²) >= 11 is 0. The van der Waals surface area contributed by atoms with Gasteiger partial charge in [-0.05, 0) is 51.1 Å². The van der Waals surface area contributed by atoms with Crippen LogP contribution < -0.4 is 10.6 Å². The van der Waals surface area contributed by atoms with Crippen molar-refractivity contribution in [3.63, 3.8) is 0 Å². The van der Waals surface area contributed by atoms with E-state index in [-0.39, 0.29) is 17.9 Å². The van der Waals surface area contributed by atoms with E-state index in [1.54, 1.807) is 0 Å². The van der Waals surface area contributed by atoms with Gasteiger partial charge in [-0.1, -0.05) is 0 Å². The summed E-state index contributed by atoms with van der Waals surface area (Å²) in [6.07, 6.45) is 8.75. The second-order valence-corrected chi connectivity index (χ2v) is 6.91. The molecule has 3 rings (SSSR count). The van der Waals surface area contributed by atoms with E-state index in [2.05, 4.69) is 20.6 Å². The van der Waals surface area contributed by atoms with Crippen LogP contribution in [0.4, 0.5) is 0 Å². The number of aryl methyl sites for hydroxylation is 1. The van der Waals surface area contributed by atoms with Crippen LogP contribution in [0.2, 0.25) is 0 Å². The lowest BCUT2D eigenvalue weighted by Crippen LogP contribution is -2.49. The topological polar surface area (TPSA) is 79.3 Å². The molecule has 0 spiro atoms. The zero-order valence-electron chi connectivity index (χ0n) is 14.3. The molecule has 7 heteroatoms. The molecular weight excluding hydrogens is 306 g/mol. The summed E-state index contributed by atoms with van der Waals surface area (Å²) in [6.45, 7) is 4.83. The number of likely N-dealkylation sites (tertiary alicyclic amines) is 1. The van der Waals surface area contributed by atoms with Gasteiger partial charge in [0.15, 0.2) is 0 Å². The fourth-order valence-corrected chi connectivity index (χ4v) is 3.59. The van der Waals surface area contributed by atoms with Crippen molar-refractivity contribution < 1.29 is 9.59 Å². The Labute approximate surface area is 142 Å². The van der Waals surface area contributed by atoms with E-state index in [4.69, 9.17) is 0 Å². The molecule has 0 radical (unpaired) electrons. The molecule has 132 valence electrons. The van der Waals surface area contributed by atoms with E-state index in [1.807, 2.05) is 24.0 Å². The number of rotatable bonds is 5. The number of amides is 2. The maximum absolute atomic E-state index is 12.4. The Kier molecular flexibility index (Phi) is 5.50. The molecule has 0 unspecified atom stereocenters. The summed E-state index contributed by atoms with van der Waals surface area (Å²) in [5, 5.41) is 10.1. The van der Waals surface area contributed by atoms with Gasteiger partial charge in [-0.25, -0.2) is 0 Å². The Morgan fingerprint density at radius 3 is 3.04 bits per heavy atom. The number of aromatic nitrogens is 2. The molecular formula is C17H27N5O2. The summed E-state index contributed by atoms with van der Waals surface area (Å²) in [7, 11) is 0. The Bertz CT molecular complexity index is 585. The summed E-state index contributed by atoms with van der Waals surface area (Å²) in [6, 6.07) is -0.0483. The van der Waals surface area contributed by atoms with E-state index >= 15 is 0 Å². The molecule has 2 fully saturated rings. The molecule has 1 aromatic heterocycles. The van der Waals surface area contributed by atoms with Crippen molar-refractivity contribution in [3.05, 3.63) is 18.0 Å². The van der Waals surface area contributed by atoms with Gasteiger partial charge in [-0.15, -0.1) is 0 Å². The molecule has 1 aromatic rings. The molecule has 2 atom stereocenters. The van der Waals surface area contributed by atoms with E-state index in [1.165, 1.54) is 0 Å². The van der Waals surface area contributed by atoms with Gasteiger partial charge in [0.25, 0.3) is 0 Å². The van der Waals surface area contributed by atoms with Crippen molar-refractivity contribution >= 4 is 11.8 Å². The Balaban J connectivity index is 1.51. The van der Waals surface area contributed by atoms with Crippen LogP contribution in [0.15, 0.2) is 12.4 Å². The smallest absolute Gasteiger partial charge is 0.242 e. The minimum Gasteiger partial charge on any atom is -0.354 e. The molecule has 2 aliphatic rings. The van der Waals surface area contributed by atoms with Crippen LogP contribution in [0.3, 0.4) is 0 Å². The second kappa shape index (κ2) is 7.79. The highest BCUT2D eigenvalue weighted by Gasteiger charge is 2.28. The lowest BCUT2D eigenvalue weighted by atomic mass is 10.1. The summed E-state index contributed by atoms with van der Waals surface area (Å²) < 4.78 is 1.95. The van der Waals surface area contributed by atoms with Gasteiger partial charge < -0.3 is 10.6 Å². The van der Waals surface area contributed by atoms with Crippen molar-refractivity contribution in [2.45, 2.75) is 57.7 Å². The van der Waals surface area contributed by atoms with E-state index < -0.39 is 0 Å². The van der Waals surface area contributed by atoms with Crippen LogP contribution in [-0.4, -0.2) is 58.2 Å². The quantitative estimate of drug-likeness (QED) is 0.819. The molecule has 0 bridgehead atoms. The van der Waals surface area contributed by atoms with E-state index in [0.29, 0.717) is 19.1 Å². The van der Waals surface area contributed by atoms with Gasteiger partial charge in [0.05, 0.1) is 19.3 Å². The fraction of sp³-hybridized carbons (Fsp3) is 0.706. The Hall–Kier alpha value is -1.89. The van der Waals surface area contributed by atoms with Crippen molar-refractivity contribution in [1.29, 1.82) is 0 Å². The normalized spacial score (nSPS) is 25.3. The van der Waals surface area contributed by atoms with Gasteiger partial charge in [0, 0.05) is 18.8 Å². The van der Waals surface area contributed by atoms with Gasteiger partial charge in [-0.3, -0.25) is 19.2 Å². The molecule has 7 nitrogen and oxygen atoms in total. The van der Waals surface area contributed by atoms with Crippen LogP contribution in [-0.2, 0) is 16.1 Å². The monoisotopic (exact) mass is 333 g/mol. The molecule has 2 N–H and O–H groups in total. The second-order valence-electron chi connectivity index (χ2n) is 6.91. The average Bonchev–Trinajstić information content (AvgIpc) is 3.09. The standard InChI is InChI=1S/C17H27N5O2/c1-13-9-19-22(10-13)11-14-5-4-8-21(14)12-16(23)20-15-6-2-3-7-18-17(15)24/h9-10,14-15H,2-8,11-12H2,1H3,(H,18,24)(H,20,23)/t14-,15+/m1/s1. The van der Waals surface area contributed by atoms with Crippen molar-refractivity contribution in [3.8, 4) is 0 Å². The molecule has 0 saturated carbocycles. The zero-order chi connectivity index (χ0) is 16.9. The van der Waals surface area contributed by atoms with Gasteiger partial charge >= 0.3 is 0 Å². The summed E-state index contributed by atoms with van der Waals surface area (Å²) in [5.74, 6) is -0.105. The minimum absolute atomic E-state index is 0.0501. The minimum atomic E-state index is -0.380. The SMILES string of the molecule is Cc1cnn(C[C@H]2CCCN2CC(=O)N[C@H]2CCCCNC2=O)c1. The van der Waals surface area contributed by atoms with Crippen LogP contribution in [0.5, 0.6) is 0 Å². The maximum Gasteiger partial charge on any atom is 0.242 e. The first-order chi connectivity index (χ1) is 11.6. The van der Waals surface area contributed by atoms with Crippen LogP contribution in [0.1, 0.15) is 37.7 Å². The number of hydrogen-bond acceptors (Lipinski definition) is 4. The lowest BCUT2D eigenvalue weighted by molar-refractivity contribution is -0.129. The molecule has 2 amide bonds. The van der Waals surface area contributed by atoms with Crippen molar-refractivity contribution in [2.75, 3.05) is 19.6 Å². The number of carbonyl (C=O) groups is 2. The highest BCUT2D eigenvalue weighted by atomic mass is 16.2. The third-order valence-corrected chi connectivity index (χ3v) is 4.88. The van der Waals surface area contributed by atoms with E-state index in [9.17, 15) is 9.59 Å². The lowest BCUT2D eigenvalue weighted by Gasteiger charge is -2.25. The predicted octanol–water partition coefficient (Wildman–Crippen LogP) is 0.441. The van der Waals surface area contributed by atoms with Crippen molar-refractivity contribution in [2.24, 2.45) is 0 Å². The molecule has 0 aliphatic carbocycles. The van der Waals surface area contributed by atoms with Gasteiger partial charge in [0.1, 0.15) is 6.04 Å². The maximum atomic E-state index is 12.4. The number of carbonyl (C=O) groups excluding carboxylic acids is 2. The summed E-state index contributed by atoms with van der Waals surface area (Å²) in [5.41, 5.74) is 1.15.